The molecule has 0 amide bonds. The molecule has 0 N–H and O–H groups in total. The van der Waals surface area contributed by atoms with Crippen molar-refractivity contribution < 1.29 is 0 Å². The van der Waals surface area contributed by atoms with Crippen LogP contribution < -0.4 is 4.90 Å². The van der Waals surface area contributed by atoms with E-state index >= 15 is 0 Å². The van der Waals surface area contributed by atoms with Crippen molar-refractivity contribution in [1.82, 2.24) is 0 Å². The first-order chi connectivity index (χ1) is 30.2. The lowest BCUT2D eigenvalue weighted by Gasteiger charge is -2.36. The van der Waals surface area contributed by atoms with Crippen LogP contribution in [-0.2, 0) is 16.2 Å². The Kier molecular flexibility index (Phi) is 7.48. The lowest BCUT2D eigenvalue weighted by atomic mass is 9.67. The first kappa shape index (κ1) is 36.2. The smallest absolute Gasteiger partial charge is 0.0540 e. The Bertz CT molecular complexity index is 3160. The number of para-hydroxylation sites is 1. The van der Waals surface area contributed by atoms with Crippen LogP contribution in [0.2, 0.25) is 0 Å². The Hall–Kier alpha value is -6.44. The molecule has 3 unspecified atom stereocenters. The number of rotatable bonds is 5. The minimum Gasteiger partial charge on any atom is -0.310 e. The Balaban J connectivity index is 0.986. The molecule has 0 aliphatic heterocycles. The van der Waals surface area contributed by atoms with Crippen molar-refractivity contribution in [3.8, 4) is 55.6 Å². The molecule has 2 fully saturated rings. The molecule has 1 nitrogen and oxygen atoms in total. The van der Waals surface area contributed by atoms with Crippen LogP contribution in [0.15, 0.2) is 176 Å². The van der Waals surface area contributed by atoms with E-state index in [0.717, 1.165) is 17.5 Å². The van der Waals surface area contributed by atoms with E-state index in [-0.39, 0.29) is 16.2 Å². The molecule has 0 radical (unpaired) electrons. The Labute approximate surface area is 366 Å². The highest BCUT2D eigenvalue weighted by atomic mass is 15.1. The van der Waals surface area contributed by atoms with E-state index in [4.69, 9.17) is 0 Å². The lowest BCUT2D eigenvalue weighted by molar-refractivity contribution is 0.327. The van der Waals surface area contributed by atoms with Crippen LogP contribution in [0.1, 0.15) is 86.8 Å². The standard InChI is InChI=1S/C61H51N/c1-59(2)52-20-10-7-17-49(52)58-48(18-13-22-55(58)59)47-16-8-12-23-57(47)62(43-31-33-54-50(36-43)45-15-6-11-21-53(45)61(54)37-38-24-28-41(61)34-38)42-29-25-39(26-30-42)40-27-32-46-44-14-5-9-19-51(44)60(3,4)56(46)35-40/h5-23,25-27,29-33,35-36,38,41H,24,28,34,37H2,1-4H3. The second-order valence-electron chi connectivity index (χ2n) is 20.1. The fourth-order valence-corrected chi connectivity index (χ4v) is 13.5. The second kappa shape index (κ2) is 12.8. The average Bonchev–Trinajstić information content (AvgIpc) is 4.10. The van der Waals surface area contributed by atoms with Crippen LogP contribution in [0, 0.1) is 11.8 Å². The zero-order valence-corrected chi connectivity index (χ0v) is 36.2. The average molecular weight is 798 g/mol. The number of benzene rings is 8. The molecule has 13 rings (SSSR count). The molecule has 0 aromatic heterocycles. The molecule has 5 aliphatic rings. The first-order valence-electron chi connectivity index (χ1n) is 23.0. The number of anilines is 3. The topological polar surface area (TPSA) is 3.24 Å². The highest BCUT2D eigenvalue weighted by Gasteiger charge is 2.56. The summed E-state index contributed by atoms with van der Waals surface area (Å²) in [6.07, 6.45) is 5.40. The normalized spacial score (nSPS) is 21.0. The molecule has 2 saturated carbocycles. The van der Waals surface area contributed by atoms with Crippen molar-refractivity contribution >= 4 is 17.1 Å². The fraction of sp³-hybridized carbons (Fsp3) is 0.213. The van der Waals surface area contributed by atoms with E-state index in [9.17, 15) is 0 Å². The quantitative estimate of drug-likeness (QED) is 0.168. The zero-order valence-electron chi connectivity index (χ0n) is 36.2. The van der Waals surface area contributed by atoms with Crippen molar-refractivity contribution in [3.05, 3.63) is 209 Å². The molecule has 1 spiro atoms. The maximum atomic E-state index is 2.54. The van der Waals surface area contributed by atoms with E-state index in [1.807, 2.05) is 0 Å². The number of fused-ring (bicyclic) bond motifs is 14. The fourth-order valence-electron chi connectivity index (χ4n) is 13.5. The van der Waals surface area contributed by atoms with E-state index in [1.165, 1.54) is 115 Å². The molecular formula is C61H51N. The van der Waals surface area contributed by atoms with Crippen LogP contribution in [0.25, 0.3) is 55.6 Å². The third kappa shape index (κ3) is 4.80. The van der Waals surface area contributed by atoms with Crippen molar-refractivity contribution in [1.29, 1.82) is 0 Å². The van der Waals surface area contributed by atoms with Gasteiger partial charge in [0.2, 0.25) is 0 Å². The summed E-state index contributed by atoms with van der Waals surface area (Å²) in [5.74, 6) is 1.58. The number of hydrogen-bond acceptors (Lipinski definition) is 1. The molecule has 3 atom stereocenters. The van der Waals surface area contributed by atoms with Gasteiger partial charge in [-0.1, -0.05) is 174 Å². The predicted molar refractivity (Wildman–Crippen MR) is 259 cm³/mol. The van der Waals surface area contributed by atoms with Gasteiger partial charge in [-0.25, -0.2) is 0 Å². The van der Waals surface area contributed by atoms with E-state index in [0.29, 0.717) is 0 Å². The number of hydrogen-bond donors (Lipinski definition) is 0. The molecule has 0 saturated heterocycles. The molecule has 8 aromatic carbocycles. The van der Waals surface area contributed by atoms with Crippen LogP contribution in [0.3, 0.4) is 0 Å². The highest BCUT2D eigenvalue weighted by molar-refractivity contribution is 5.99. The minimum atomic E-state index is -0.0784. The highest BCUT2D eigenvalue weighted by Crippen LogP contribution is 2.66. The van der Waals surface area contributed by atoms with Gasteiger partial charge >= 0.3 is 0 Å². The van der Waals surface area contributed by atoms with Crippen LogP contribution in [0.5, 0.6) is 0 Å². The van der Waals surface area contributed by atoms with Gasteiger partial charge in [0.1, 0.15) is 0 Å². The molecule has 2 bridgehead atoms. The third-order valence-electron chi connectivity index (χ3n) is 16.4. The second-order valence-corrected chi connectivity index (χ2v) is 20.1. The van der Waals surface area contributed by atoms with Crippen LogP contribution in [-0.4, -0.2) is 0 Å². The summed E-state index contributed by atoms with van der Waals surface area (Å²) in [6, 6.07) is 67.4. The largest absolute Gasteiger partial charge is 0.310 e. The van der Waals surface area contributed by atoms with Crippen molar-refractivity contribution in [3.63, 3.8) is 0 Å². The predicted octanol–water partition coefficient (Wildman–Crippen LogP) is 16.2. The summed E-state index contributed by atoms with van der Waals surface area (Å²) < 4.78 is 0. The summed E-state index contributed by atoms with van der Waals surface area (Å²) in [5, 5.41) is 0. The molecule has 62 heavy (non-hydrogen) atoms. The maximum Gasteiger partial charge on any atom is 0.0540 e. The summed E-state index contributed by atoms with van der Waals surface area (Å²) in [4.78, 5) is 2.54. The van der Waals surface area contributed by atoms with Gasteiger partial charge in [0.05, 0.1) is 5.69 Å². The van der Waals surface area contributed by atoms with Crippen molar-refractivity contribution in [2.45, 2.75) is 69.6 Å². The maximum absolute atomic E-state index is 2.54. The minimum absolute atomic E-state index is 0.0431. The van der Waals surface area contributed by atoms with Crippen LogP contribution >= 0.6 is 0 Å². The van der Waals surface area contributed by atoms with Gasteiger partial charge in [0, 0.05) is 33.2 Å². The van der Waals surface area contributed by atoms with Gasteiger partial charge in [-0.2, -0.15) is 0 Å². The van der Waals surface area contributed by atoms with Gasteiger partial charge in [-0.3, -0.25) is 0 Å². The van der Waals surface area contributed by atoms with Gasteiger partial charge in [0.25, 0.3) is 0 Å². The van der Waals surface area contributed by atoms with Crippen molar-refractivity contribution in [2.75, 3.05) is 4.90 Å². The SMILES string of the molecule is CC1(C)c2ccccc2-c2ccc(-c3ccc(N(c4ccc5c(c4)-c4ccccc4C54CC5CCC4C5)c4ccccc4-c4cccc5c4-c4ccccc4C5(C)C)cc3)cc21. The van der Waals surface area contributed by atoms with E-state index in [1.54, 1.807) is 11.1 Å². The van der Waals surface area contributed by atoms with Gasteiger partial charge in [0.15, 0.2) is 0 Å². The van der Waals surface area contributed by atoms with Gasteiger partial charge in [-0.15, -0.1) is 0 Å². The Morgan fingerprint density at radius 1 is 0.403 bits per heavy atom. The van der Waals surface area contributed by atoms with Gasteiger partial charge < -0.3 is 4.90 Å². The number of nitrogens with zero attached hydrogens (tertiary/aromatic N) is 1. The summed E-state index contributed by atoms with van der Waals surface area (Å²) in [6.45, 7) is 9.51. The van der Waals surface area contributed by atoms with Crippen molar-refractivity contribution in [2.24, 2.45) is 11.8 Å². The molecule has 0 heterocycles. The summed E-state index contributed by atoms with van der Waals surface area (Å²) in [5.41, 5.74) is 25.6. The van der Waals surface area contributed by atoms with Crippen LogP contribution in [0.4, 0.5) is 17.1 Å². The Morgan fingerprint density at radius 3 is 1.71 bits per heavy atom. The summed E-state index contributed by atoms with van der Waals surface area (Å²) >= 11 is 0. The molecule has 1 heteroatoms. The third-order valence-corrected chi connectivity index (χ3v) is 16.4. The first-order valence-corrected chi connectivity index (χ1v) is 23.0. The monoisotopic (exact) mass is 797 g/mol. The molecular weight excluding hydrogens is 747 g/mol. The lowest BCUT2D eigenvalue weighted by Crippen LogP contribution is -2.31. The molecule has 5 aliphatic carbocycles. The summed E-state index contributed by atoms with van der Waals surface area (Å²) in [7, 11) is 0. The molecule has 300 valence electrons. The van der Waals surface area contributed by atoms with E-state index in [2.05, 4.69) is 209 Å². The zero-order chi connectivity index (χ0) is 41.5. The van der Waals surface area contributed by atoms with E-state index < -0.39 is 0 Å². The van der Waals surface area contributed by atoms with Gasteiger partial charge in [-0.05, 0) is 151 Å². The Morgan fingerprint density at radius 2 is 0.968 bits per heavy atom. The molecule has 8 aromatic rings.